The summed E-state index contributed by atoms with van der Waals surface area (Å²) in [5, 5.41) is 3.15. The third kappa shape index (κ3) is 5.79. The van der Waals surface area contributed by atoms with Crippen molar-refractivity contribution in [3.05, 3.63) is 47.5 Å². The first-order chi connectivity index (χ1) is 13.9. The third-order valence-electron chi connectivity index (χ3n) is 4.82. The van der Waals surface area contributed by atoms with Gasteiger partial charge in [-0.1, -0.05) is 26.0 Å². The van der Waals surface area contributed by atoms with Crippen molar-refractivity contribution in [2.24, 2.45) is 5.92 Å². The Morgan fingerprint density at radius 2 is 1.48 bits per heavy atom. The number of hydrogen-bond acceptors (Lipinski definition) is 5. The van der Waals surface area contributed by atoms with Crippen LogP contribution < -0.4 is 24.3 Å². The minimum Gasteiger partial charge on any atom is -0.497 e. The molecule has 29 heavy (non-hydrogen) atoms. The van der Waals surface area contributed by atoms with Crippen molar-refractivity contribution in [3.63, 3.8) is 0 Å². The van der Waals surface area contributed by atoms with Crippen LogP contribution in [0.3, 0.4) is 0 Å². The van der Waals surface area contributed by atoms with E-state index >= 15 is 0 Å². The van der Waals surface area contributed by atoms with Gasteiger partial charge in [0.2, 0.25) is 11.7 Å². The van der Waals surface area contributed by atoms with Gasteiger partial charge < -0.3 is 24.3 Å². The third-order valence-corrected chi connectivity index (χ3v) is 4.82. The number of amides is 1. The molecule has 0 bridgehead atoms. The number of nitrogens with one attached hydrogen (secondary N) is 1. The molecule has 0 spiro atoms. The molecule has 0 aliphatic heterocycles. The van der Waals surface area contributed by atoms with Crippen molar-refractivity contribution < 1.29 is 23.7 Å². The normalized spacial score (nSPS) is 11.7. The lowest BCUT2D eigenvalue weighted by Crippen LogP contribution is -2.31. The van der Waals surface area contributed by atoms with Gasteiger partial charge in [-0.25, -0.2) is 0 Å². The van der Waals surface area contributed by atoms with E-state index in [-0.39, 0.29) is 17.9 Å². The second-order valence-corrected chi connectivity index (χ2v) is 7.10. The van der Waals surface area contributed by atoms with Gasteiger partial charge in [-0.05, 0) is 47.7 Å². The molecular weight excluding hydrogens is 370 g/mol. The molecule has 0 heterocycles. The van der Waals surface area contributed by atoms with Crippen molar-refractivity contribution in [2.45, 2.75) is 32.7 Å². The SMILES string of the molecule is COc1ccc(C(NC(=O)CCc2cc(OC)c(OC)c(OC)c2)C(C)C)cc1. The summed E-state index contributed by atoms with van der Waals surface area (Å²) in [6.07, 6.45) is 0.925. The summed E-state index contributed by atoms with van der Waals surface area (Å²) in [6, 6.07) is 11.5. The Morgan fingerprint density at radius 1 is 0.897 bits per heavy atom. The van der Waals surface area contributed by atoms with Gasteiger partial charge in [0.25, 0.3) is 0 Å². The first kappa shape index (κ1) is 22.4. The van der Waals surface area contributed by atoms with Crippen LogP contribution >= 0.6 is 0 Å². The van der Waals surface area contributed by atoms with E-state index in [0.29, 0.717) is 30.1 Å². The minimum absolute atomic E-state index is 0.00623. The highest BCUT2D eigenvalue weighted by molar-refractivity contribution is 5.77. The van der Waals surface area contributed by atoms with E-state index in [1.807, 2.05) is 36.4 Å². The maximum absolute atomic E-state index is 12.6. The van der Waals surface area contributed by atoms with Crippen molar-refractivity contribution in [1.82, 2.24) is 5.32 Å². The molecule has 2 aromatic rings. The Kier molecular flexibility index (Phi) is 8.19. The lowest BCUT2D eigenvalue weighted by atomic mass is 9.95. The van der Waals surface area contributed by atoms with Gasteiger partial charge in [0.15, 0.2) is 11.5 Å². The molecule has 0 saturated heterocycles. The fourth-order valence-corrected chi connectivity index (χ4v) is 3.23. The zero-order valence-electron chi connectivity index (χ0n) is 18.1. The van der Waals surface area contributed by atoms with Crippen molar-refractivity contribution in [1.29, 1.82) is 0 Å². The quantitative estimate of drug-likeness (QED) is 0.647. The molecule has 0 saturated carbocycles. The van der Waals surface area contributed by atoms with E-state index < -0.39 is 0 Å². The molecule has 158 valence electrons. The molecule has 0 aromatic heterocycles. The molecule has 2 aromatic carbocycles. The lowest BCUT2D eigenvalue weighted by Gasteiger charge is -2.23. The number of carbonyl (C=O) groups is 1. The molecule has 2 rings (SSSR count). The highest BCUT2D eigenvalue weighted by atomic mass is 16.5. The van der Waals surface area contributed by atoms with E-state index in [4.69, 9.17) is 18.9 Å². The van der Waals surface area contributed by atoms with Crippen LogP contribution in [-0.4, -0.2) is 34.3 Å². The van der Waals surface area contributed by atoms with E-state index in [1.165, 1.54) is 0 Å². The fraction of sp³-hybridized carbons (Fsp3) is 0.435. The van der Waals surface area contributed by atoms with Gasteiger partial charge in [-0.15, -0.1) is 0 Å². The molecule has 1 atom stereocenters. The molecule has 0 aliphatic rings. The summed E-state index contributed by atoms with van der Waals surface area (Å²) in [4.78, 5) is 12.6. The van der Waals surface area contributed by atoms with E-state index in [1.54, 1.807) is 28.4 Å². The first-order valence-electron chi connectivity index (χ1n) is 9.65. The number of carbonyl (C=O) groups excluding carboxylic acids is 1. The molecular formula is C23H31NO5. The second kappa shape index (κ2) is 10.6. The average Bonchev–Trinajstić information content (AvgIpc) is 2.74. The molecule has 0 aliphatic carbocycles. The molecule has 1 unspecified atom stereocenters. The maximum atomic E-state index is 12.6. The number of rotatable bonds is 10. The zero-order chi connectivity index (χ0) is 21.4. The second-order valence-electron chi connectivity index (χ2n) is 7.10. The van der Waals surface area contributed by atoms with Crippen LogP contribution in [0.5, 0.6) is 23.0 Å². The summed E-state index contributed by atoms with van der Waals surface area (Å²) in [5.74, 6) is 2.76. The number of hydrogen-bond donors (Lipinski definition) is 1. The minimum atomic E-state index is -0.0617. The van der Waals surface area contributed by atoms with Crippen LogP contribution in [0.25, 0.3) is 0 Å². The average molecular weight is 402 g/mol. The van der Waals surface area contributed by atoms with Crippen molar-refractivity contribution in [2.75, 3.05) is 28.4 Å². The van der Waals surface area contributed by atoms with Gasteiger partial charge in [-0.3, -0.25) is 4.79 Å². The number of methoxy groups -OCH3 is 4. The van der Waals surface area contributed by atoms with E-state index in [2.05, 4.69) is 19.2 Å². The maximum Gasteiger partial charge on any atom is 0.220 e. The zero-order valence-corrected chi connectivity index (χ0v) is 18.1. The largest absolute Gasteiger partial charge is 0.497 e. The highest BCUT2D eigenvalue weighted by Crippen LogP contribution is 2.38. The molecule has 0 radical (unpaired) electrons. The van der Waals surface area contributed by atoms with Gasteiger partial charge in [0, 0.05) is 6.42 Å². The van der Waals surface area contributed by atoms with Crippen molar-refractivity contribution >= 4 is 5.91 Å². The molecule has 0 fully saturated rings. The van der Waals surface area contributed by atoms with Crippen LogP contribution in [0, 0.1) is 5.92 Å². The van der Waals surface area contributed by atoms with Gasteiger partial charge in [0.1, 0.15) is 5.75 Å². The van der Waals surface area contributed by atoms with Gasteiger partial charge in [-0.2, -0.15) is 0 Å². The monoisotopic (exact) mass is 401 g/mol. The standard InChI is InChI=1S/C23H31NO5/c1-15(2)22(17-8-10-18(26-3)11-9-17)24-21(25)12-7-16-13-19(27-4)23(29-6)20(14-16)28-5/h8-11,13-15,22H,7,12H2,1-6H3,(H,24,25). The summed E-state index contributed by atoms with van der Waals surface area (Å²) in [6.45, 7) is 4.18. The smallest absolute Gasteiger partial charge is 0.220 e. The van der Waals surface area contributed by atoms with Gasteiger partial charge in [0.05, 0.1) is 34.5 Å². The Bertz CT molecular complexity index is 776. The number of aryl methyl sites for hydroxylation is 1. The molecule has 1 N–H and O–H groups in total. The Labute approximate surface area is 173 Å². The molecule has 6 heteroatoms. The lowest BCUT2D eigenvalue weighted by molar-refractivity contribution is -0.122. The van der Waals surface area contributed by atoms with Crippen LogP contribution in [-0.2, 0) is 11.2 Å². The Hall–Kier alpha value is -2.89. The van der Waals surface area contributed by atoms with E-state index in [9.17, 15) is 4.79 Å². The Balaban J connectivity index is 2.07. The van der Waals surface area contributed by atoms with Crippen LogP contribution in [0.4, 0.5) is 0 Å². The number of ether oxygens (including phenoxy) is 4. The van der Waals surface area contributed by atoms with Crippen molar-refractivity contribution in [3.8, 4) is 23.0 Å². The van der Waals surface area contributed by atoms with Gasteiger partial charge >= 0.3 is 0 Å². The van der Waals surface area contributed by atoms with Crippen LogP contribution in [0.2, 0.25) is 0 Å². The van der Waals surface area contributed by atoms with E-state index in [0.717, 1.165) is 16.9 Å². The topological polar surface area (TPSA) is 66.0 Å². The summed E-state index contributed by atoms with van der Waals surface area (Å²) in [5.41, 5.74) is 2.00. The summed E-state index contributed by atoms with van der Waals surface area (Å²) < 4.78 is 21.3. The predicted octanol–water partition coefficient (Wildman–Crippen LogP) is 4.17. The number of benzene rings is 2. The summed E-state index contributed by atoms with van der Waals surface area (Å²) in [7, 11) is 6.37. The highest BCUT2D eigenvalue weighted by Gasteiger charge is 2.19. The Morgan fingerprint density at radius 3 is 1.93 bits per heavy atom. The first-order valence-corrected chi connectivity index (χ1v) is 9.65. The fourth-order valence-electron chi connectivity index (χ4n) is 3.23. The summed E-state index contributed by atoms with van der Waals surface area (Å²) >= 11 is 0. The molecule has 1 amide bonds. The molecule has 6 nitrogen and oxygen atoms in total. The van der Waals surface area contributed by atoms with Crippen LogP contribution in [0.15, 0.2) is 36.4 Å². The predicted molar refractivity (Wildman–Crippen MR) is 113 cm³/mol. The van der Waals surface area contributed by atoms with Crippen LogP contribution in [0.1, 0.15) is 37.4 Å².